The second kappa shape index (κ2) is 11.3. The summed E-state index contributed by atoms with van der Waals surface area (Å²) in [6.45, 7) is 2.13. The van der Waals surface area contributed by atoms with E-state index in [9.17, 15) is 4.79 Å². The topological polar surface area (TPSA) is 44.8 Å². The van der Waals surface area contributed by atoms with E-state index in [2.05, 4.69) is 47.8 Å². The molecule has 0 saturated heterocycles. The first-order valence-electron chi connectivity index (χ1n) is 7.94. The summed E-state index contributed by atoms with van der Waals surface area (Å²) in [5.41, 5.74) is 0. The predicted molar refractivity (Wildman–Crippen MR) is 122 cm³/mol. The highest BCUT2D eigenvalue weighted by atomic mass is 79.9. The number of rotatable bonds is 8. The first-order valence-corrected chi connectivity index (χ1v) is 11.5. The second-order valence-corrected chi connectivity index (χ2v) is 9.37. The fourth-order valence-electron chi connectivity index (χ4n) is 2.02. The normalized spacial score (nSPS) is 11.8. The zero-order chi connectivity index (χ0) is 20.8. The van der Waals surface area contributed by atoms with Gasteiger partial charge in [-0.2, -0.15) is 0 Å². The highest BCUT2D eigenvalue weighted by Gasteiger charge is 2.19. The first-order chi connectivity index (χ1) is 13.2. The molecule has 0 saturated carbocycles. The van der Waals surface area contributed by atoms with Crippen LogP contribution >= 0.6 is 82.6 Å². The van der Waals surface area contributed by atoms with Crippen molar-refractivity contribution in [3.63, 3.8) is 0 Å². The van der Waals surface area contributed by atoms with E-state index in [1.807, 2.05) is 12.1 Å². The van der Waals surface area contributed by atoms with Gasteiger partial charge in [0.15, 0.2) is 6.10 Å². The molecule has 152 valence electrons. The number of hydrogen-bond acceptors (Lipinski definition) is 4. The molecule has 0 spiro atoms. The average molecular weight is 640 g/mol. The minimum absolute atomic E-state index is 0.188. The van der Waals surface area contributed by atoms with Crippen LogP contribution in [0.2, 0.25) is 15.1 Å². The third kappa shape index (κ3) is 6.96. The van der Waals surface area contributed by atoms with Crippen LogP contribution in [0.3, 0.4) is 0 Å². The van der Waals surface area contributed by atoms with Crippen LogP contribution in [0.5, 0.6) is 11.5 Å². The largest absolute Gasteiger partial charge is 0.491 e. The number of benzene rings is 2. The van der Waals surface area contributed by atoms with E-state index in [-0.39, 0.29) is 22.4 Å². The van der Waals surface area contributed by atoms with Gasteiger partial charge in [0.2, 0.25) is 0 Å². The van der Waals surface area contributed by atoms with Crippen LogP contribution < -0.4 is 9.47 Å². The molecule has 0 bridgehead atoms. The summed E-state index contributed by atoms with van der Waals surface area (Å²) < 4.78 is 19.0. The Balaban J connectivity index is 1.77. The molecule has 0 aliphatic heterocycles. The summed E-state index contributed by atoms with van der Waals surface area (Å²) in [6.07, 6.45) is -0.341. The molecular formula is C18H14Br3Cl3O4. The lowest BCUT2D eigenvalue weighted by atomic mass is 10.3. The van der Waals surface area contributed by atoms with Crippen molar-refractivity contribution in [3.8, 4) is 11.5 Å². The molecule has 10 heteroatoms. The molecule has 0 amide bonds. The molecule has 0 aliphatic rings. The summed E-state index contributed by atoms with van der Waals surface area (Å²) in [5, 5.41) is 0.843. The lowest BCUT2D eigenvalue weighted by molar-refractivity contribution is -0.151. The SMILES string of the molecule is CC(Oc1cc(Cl)c(Cl)cc1Cl)C(=O)OCCCOc1c(Br)cc(Br)cc1Br. The van der Waals surface area contributed by atoms with Crippen LogP contribution in [0.1, 0.15) is 13.3 Å². The monoisotopic (exact) mass is 636 g/mol. The number of carbonyl (C=O) groups excluding carboxylic acids is 1. The van der Waals surface area contributed by atoms with Crippen molar-refractivity contribution in [2.75, 3.05) is 13.2 Å². The maximum absolute atomic E-state index is 12.1. The van der Waals surface area contributed by atoms with E-state index >= 15 is 0 Å². The Bertz CT molecular complexity index is 841. The van der Waals surface area contributed by atoms with Gasteiger partial charge in [0.25, 0.3) is 0 Å². The van der Waals surface area contributed by atoms with E-state index in [4.69, 9.17) is 49.0 Å². The van der Waals surface area contributed by atoms with E-state index in [1.165, 1.54) is 12.1 Å². The second-order valence-electron chi connectivity index (χ2n) is 5.52. The van der Waals surface area contributed by atoms with Gasteiger partial charge in [-0.05, 0) is 57.0 Å². The standard InChI is InChI=1S/C18H14Br3Cl3O4/c1-9(28-16-8-14(23)13(22)7-15(16)24)18(25)27-4-2-3-26-17-11(20)5-10(19)6-12(17)21/h5-9H,2-4H2,1H3. The highest BCUT2D eigenvalue weighted by molar-refractivity contribution is 9.11. The quantitative estimate of drug-likeness (QED) is 0.169. The van der Waals surface area contributed by atoms with Gasteiger partial charge in [0.05, 0.1) is 37.2 Å². The van der Waals surface area contributed by atoms with Crippen molar-refractivity contribution in [1.82, 2.24) is 0 Å². The van der Waals surface area contributed by atoms with Crippen molar-refractivity contribution < 1.29 is 19.0 Å². The molecule has 0 radical (unpaired) electrons. The minimum atomic E-state index is -0.856. The molecule has 2 rings (SSSR count). The molecular weight excluding hydrogens is 626 g/mol. The summed E-state index contributed by atoms with van der Waals surface area (Å²) in [4.78, 5) is 12.1. The van der Waals surface area contributed by atoms with Crippen molar-refractivity contribution in [3.05, 3.63) is 52.8 Å². The molecule has 1 atom stereocenters. The van der Waals surface area contributed by atoms with Crippen LogP contribution in [0.25, 0.3) is 0 Å². The maximum Gasteiger partial charge on any atom is 0.347 e. The molecule has 0 aliphatic carbocycles. The third-order valence-electron chi connectivity index (χ3n) is 3.35. The van der Waals surface area contributed by atoms with Gasteiger partial charge in [-0.15, -0.1) is 0 Å². The third-order valence-corrected chi connectivity index (χ3v) is 6.01. The summed E-state index contributed by atoms with van der Waals surface area (Å²) in [5.74, 6) is 0.419. The number of carbonyl (C=O) groups is 1. The van der Waals surface area contributed by atoms with Crippen molar-refractivity contribution in [2.24, 2.45) is 0 Å². The summed E-state index contributed by atoms with van der Waals surface area (Å²) in [7, 11) is 0. The Hall–Kier alpha value is -0.180. The smallest absolute Gasteiger partial charge is 0.347 e. The zero-order valence-corrected chi connectivity index (χ0v) is 21.4. The highest BCUT2D eigenvalue weighted by Crippen LogP contribution is 2.36. The molecule has 28 heavy (non-hydrogen) atoms. The number of esters is 1. The van der Waals surface area contributed by atoms with Gasteiger partial charge >= 0.3 is 5.97 Å². The van der Waals surface area contributed by atoms with Gasteiger partial charge in [-0.1, -0.05) is 50.7 Å². The first kappa shape index (κ1) is 24.1. The van der Waals surface area contributed by atoms with Crippen LogP contribution in [0.15, 0.2) is 37.7 Å². The number of ether oxygens (including phenoxy) is 3. The lowest BCUT2D eigenvalue weighted by Gasteiger charge is -2.16. The van der Waals surface area contributed by atoms with Crippen LogP contribution in [0.4, 0.5) is 0 Å². The Morgan fingerprint density at radius 3 is 2.21 bits per heavy atom. The predicted octanol–water partition coefficient (Wildman–Crippen LogP) is 7.71. The Morgan fingerprint density at radius 1 is 0.964 bits per heavy atom. The van der Waals surface area contributed by atoms with Gasteiger partial charge in [0, 0.05) is 17.0 Å². The molecule has 2 aromatic carbocycles. The van der Waals surface area contributed by atoms with E-state index in [0.717, 1.165) is 13.4 Å². The molecule has 0 N–H and O–H groups in total. The average Bonchev–Trinajstić information content (AvgIpc) is 2.60. The van der Waals surface area contributed by atoms with E-state index in [0.29, 0.717) is 23.8 Å². The molecule has 1 unspecified atom stereocenters. The summed E-state index contributed by atoms with van der Waals surface area (Å²) >= 11 is 28.1. The zero-order valence-electron chi connectivity index (χ0n) is 14.4. The fourth-order valence-corrected chi connectivity index (χ4v) is 5.09. The minimum Gasteiger partial charge on any atom is -0.491 e. The molecule has 0 heterocycles. The Labute approximate surface area is 203 Å². The van der Waals surface area contributed by atoms with Crippen molar-refractivity contribution in [2.45, 2.75) is 19.4 Å². The van der Waals surface area contributed by atoms with Gasteiger partial charge in [0.1, 0.15) is 11.5 Å². The van der Waals surface area contributed by atoms with Crippen LogP contribution in [0, 0.1) is 0 Å². The van der Waals surface area contributed by atoms with E-state index < -0.39 is 12.1 Å². The van der Waals surface area contributed by atoms with Gasteiger partial charge in [-0.25, -0.2) is 4.79 Å². The van der Waals surface area contributed by atoms with Gasteiger partial charge in [-0.3, -0.25) is 0 Å². The lowest BCUT2D eigenvalue weighted by Crippen LogP contribution is -2.27. The molecule has 0 fully saturated rings. The molecule has 2 aromatic rings. The Kier molecular flexibility index (Phi) is 9.70. The van der Waals surface area contributed by atoms with Crippen molar-refractivity contribution in [1.29, 1.82) is 0 Å². The number of hydrogen-bond donors (Lipinski definition) is 0. The molecule has 0 aromatic heterocycles. The van der Waals surface area contributed by atoms with Crippen LogP contribution in [-0.2, 0) is 9.53 Å². The Morgan fingerprint density at radius 2 is 1.57 bits per heavy atom. The summed E-state index contributed by atoms with van der Waals surface area (Å²) in [6, 6.07) is 6.67. The van der Waals surface area contributed by atoms with Crippen LogP contribution in [-0.4, -0.2) is 25.3 Å². The van der Waals surface area contributed by atoms with E-state index in [1.54, 1.807) is 6.92 Å². The number of halogens is 6. The fraction of sp³-hybridized carbons (Fsp3) is 0.278. The van der Waals surface area contributed by atoms with Gasteiger partial charge < -0.3 is 14.2 Å². The van der Waals surface area contributed by atoms with Crippen molar-refractivity contribution >= 4 is 88.6 Å². The molecule has 4 nitrogen and oxygen atoms in total. The maximum atomic E-state index is 12.1.